The summed E-state index contributed by atoms with van der Waals surface area (Å²) in [5, 5.41) is 19.4. The van der Waals surface area contributed by atoms with Gasteiger partial charge in [-0.2, -0.15) is 4.98 Å². The molecule has 1 saturated heterocycles. The molecule has 3 aromatic rings. The molecule has 28 heavy (non-hydrogen) atoms. The van der Waals surface area contributed by atoms with E-state index >= 15 is 0 Å². The van der Waals surface area contributed by atoms with E-state index in [2.05, 4.69) is 53.3 Å². The molecule has 0 unspecified atom stereocenters. The SMILES string of the molecule is Cc1nc(-c2cncc([C@@](O)(c3ccc(C(C)C)cc3)C3(C)CNC3)c2)no1. The first-order valence-corrected chi connectivity index (χ1v) is 9.63. The Labute approximate surface area is 165 Å². The molecule has 2 aromatic heterocycles. The van der Waals surface area contributed by atoms with E-state index in [4.69, 9.17) is 4.52 Å². The zero-order chi connectivity index (χ0) is 19.9. The van der Waals surface area contributed by atoms with Crippen LogP contribution in [0.2, 0.25) is 0 Å². The van der Waals surface area contributed by atoms with Gasteiger partial charge in [0.2, 0.25) is 11.7 Å². The van der Waals surface area contributed by atoms with Crippen molar-refractivity contribution in [2.24, 2.45) is 5.41 Å². The van der Waals surface area contributed by atoms with Crippen molar-refractivity contribution in [3.63, 3.8) is 0 Å². The van der Waals surface area contributed by atoms with Crippen LogP contribution in [0.5, 0.6) is 0 Å². The highest BCUT2D eigenvalue weighted by molar-refractivity contribution is 5.56. The van der Waals surface area contributed by atoms with Crippen LogP contribution in [0.1, 0.15) is 49.3 Å². The lowest BCUT2D eigenvalue weighted by Crippen LogP contribution is -2.63. The minimum Gasteiger partial charge on any atom is -0.380 e. The number of nitrogens with one attached hydrogen (secondary N) is 1. The van der Waals surface area contributed by atoms with Crippen LogP contribution in [-0.2, 0) is 5.60 Å². The molecule has 3 heterocycles. The van der Waals surface area contributed by atoms with Gasteiger partial charge in [0.05, 0.1) is 0 Å². The molecular formula is C22H26N4O2. The Morgan fingerprint density at radius 1 is 1.14 bits per heavy atom. The van der Waals surface area contributed by atoms with Gasteiger partial charge in [0.25, 0.3) is 0 Å². The molecule has 0 amide bonds. The molecule has 1 aliphatic rings. The highest BCUT2D eigenvalue weighted by Crippen LogP contribution is 2.48. The fourth-order valence-electron chi connectivity index (χ4n) is 3.91. The van der Waals surface area contributed by atoms with Gasteiger partial charge in [0.1, 0.15) is 5.60 Å². The summed E-state index contributed by atoms with van der Waals surface area (Å²) < 4.78 is 5.10. The molecule has 1 atom stereocenters. The van der Waals surface area contributed by atoms with Crippen molar-refractivity contribution >= 4 is 0 Å². The van der Waals surface area contributed by atoms with Crippen molar-refractivity contribution in [3.05, 3.63) is 65.3 Å². The van der Waals surface area contributed by atoms with Gasteiger partial charge in [-0.05, 0) is 23.1 Å². The molecule has 0 spiro atoms. The molecule has 0 bridgehead atoms. The van der Waals surface area contributed by atoms with Crippen molar-refractivity contribution in [1.29, 1.82) is 0 Å². The number of aliphatic hydroxyl groups is 1. The minimum atomic E-state index is -1.18. The number of aryl methyl sites for hydroxylation is 1. The number of aromatic nitrogens is 3. The minimum absolute atomic E-state index is 0.347. The lowest BCUT2D eigenvalue weighted by molar-refractivity contribution is -0.0769. The Kier molecular flexibility index (Phi) is 4.56. The number of rotatable bonds is 5. The Hall–Kier alpha value is -2.57. The summed E-state index contributed by atoms with van der Waals surface area (Å²) in [6.07, 6.45) is 3.42. The highest BCUT2D eigenvalue weighted by atomic mass is 16.5. The molecule has 0 aliphatic carbocycles. The average Bonchev–Trinajstić information content (AvgIpc) is 3.12. The average molecular weight is 378 g/mol. The first-order chi connectivity index (χ1) is 13.3. The van der Waals surface area contributed by atoms with E-state index in [0.717, 1.165) is 29.8 Å². The number of pyridine rings is 1. The third-order valence-corrected chi connectivity index (χ3v) is 5.84. The highest BCUT2D eigenvalue weighted by Gasteiger charge is 2.53. The molecule has 1 aliphatic heterocycles. The van der Waals surface area contributed by atoms with E-state index in [1.807, 2.05) is 18.2 Å². The molecule has 0 radical (unpaired) electrons. The smallest absolute Gasteiger partial charge is 0.223 e. The standard InChI is InChI=1S/C22H26N4O2/c1-14(2)16-5-7-18(8-6-16)22(27,21(4)12-24-13-21)19-9-17(10-23-11-19)20-25-15(3)28-26-20/h5-11,14,24,27H,12-13H2,1-4H3/t22-/m0/s1. The van der Waals surface area contributed by atoms with Gasteiger partial charge in [-0.25, -0.2) is 0 Å². The predicted octanol–water partition coefficient (Wildman–Crippen LogP) is 3.41. The summed E-state index contributed by atoms with van der Waals surface area (Å²) in [7, 11) is 0. The van der Waals surface area contributed by atoms with Crippen LogP contribution in [0.3, 0.4) is 0 Å². The second-order valence-electron chi connectivity index (χ2n) is 8.25. The third kappa shape index (κ3) is 2.93. The Morgan fingerprint density at radius 3 is 2.39 bits per heavy atom. The summed E-state index contributed by atoms with van der Waals surface area (Å²) >= 11 is 0. The van der Waals surface area contributed by atoms with Crippen LogP contribution in [0.15, 0.2) is 47.2 Å². The largest absolute Gasteiger partial charge is 0.380 e. The van der Waals surface area contributed by atoms with Crippen LogP contribution in [0, 0.1) is 12.3 Å². The summed E-state index contributed by atoms with van der Waals surface area (Å²) in [5.74, 6) is 1.41. The summed E-state index contributed by atoms with van der Waals surface area (Å²) in [6, 6.07) is 10.2. The molecule has 6 heteroatoms. The van der Waals surface area contributed by atoms with Crippen LogP contribution in [0.4, 0.5) is 0 Å². The summed E-state index contributed by atoms with van der Waals surface area (Å²) in [5.41, 5.74) is 2.03. The molecule has 1 fully saturated rings. The first-order valence-electron chi connectivity index (χ1n) is 9.63. The van der Waals surface area contributed by atoms with Crippen molar-refractivity contribution < 1.29 is 9.63 Å². The van der Waals surface area contributed by atoms with Crippen molar-refractivity contribution in [2.75, 3.05) is 13.1 Å². The van der Waals surface area contributed by atoms with E-state index in [1.165, 1.54) is 5.56 Å². The third-order valence-electron chi connectivity index (χ3n) is 5.84. The lowest BCUT2D eigenvalue weighted by Gasteiger charge is -2.52. The second-order valence-corrected chi connectivity index (χ2v) is 8.25. The maximum absolute atomic E-state index is 12.1. The van der Waals surface area contributed by atoms with Crippen LogP contribution < -0.4 is 5.32 Å². The molecule has 146 valence electrons. The molecule has 1 aromatic carbocycles. The maximum atomic E-state index is 12.1. The van der Waals surface area contributed by atoms with Crippen molar-refractivity contribution in [1.82, 2.24) is 20.4 Å². The zero-order valence-corrected chi connectivity index (χ0v) is 16.7. The van der Waals surface area contributed by atoms with E-state index in [1.54, 1.807) is 19.3 Å². The summed E-state index contributed by atoms with van der Waals surface area (Å²) in [6.45, 7) is 9.63. The van der Waals surface area contributed by atoms with E-state index in [9.17, 15) is 5.11 Å². The van der Waals surface area contributed by atoms with Crippen LogP contribution in [-0.4, -0.2) is 33.3 Å². The molecule has 4 rings (SSSR count). The zero-order valence-electron chi connectivity index (χ0n) is 16.7. The van der Waals surface area contributed by atoms with Crippen LogP contribution in [0.25, 0.3) is 11.4 Å². The monoisotopic (exact) mass is 378 g/mol. The van der Waals surface area contributed by atoms with Gasteiger partial charge in [-0.3, -0.25) is 4.98 Å². The van der Waals surface area contributed by atoms with Gasteiger partial charge in [-0.15, -0.1) is 0 Å². The van der Waals surface area contributed by atoms with E-state index in [0.29, 0.717) is 17.6 Å². The Bertz CT molecular complexity index is 976. The number of nitrogens with zero attached hydrogens (tertiary/aromatic N) is 3. The van der Waals surface area contributed by atoms with Crippen molar-refractivity contribution in [2.45, 2.75) is 39.2 Å². The van der Waals surface area contributed by atoms with Gasteiger partial charge in [-0.1, -0.05) is 50.2 Å². The fourth-order valence-corrected chi connectivity index (χ4v) is 3.91. The topological polar surface area (TPSA) is 84.1 Å². The molecule has 6 nitrogen and oxygen atoms in total. The Balaban J connectivity index is 1.83. The van der Waals surface area contributed by atoms with Gasteiger partial charge in [0.15, 0.2) is 0 Å². The van der Waals surface area contributed by atoms with Crippen LogP contribution >= 0.6 is 0 Å². The normalized spacial score (nSPS) is 17.9. The quantitative estimate of drug-likeness (QED) is 0.708. The van der Waals surface area contributed by atoms with Gasteiger partial charge < -0.3 is 14.9 Å². The summed E-state index contributed by atoms with van der Waals surface area (Å²) in [4.78, 5) is 8.67. The molecule has 2 N–H and O–H groups in total. The van der Waals surface area contributed by atoms with E-state index in [-0.39, 0.29) is 5.41 Å². The first kappa shape index (κ1) is 18.8. The molecule has 0 saturated carbocycles. The van der Waals surface area contributed by atoms with Crippen molar-refractivity contribution in [3.8, 4) is 11.4 Å². The predicted molar refractivity (Wildman–Crippen MR) is 107 cm³/mol. The number of hydrogen-bond donors (Lipinski definition) is 2. The number of hydrogen-bond acceptors (Lipinski definition) is 6. The second kappa shape index (κ2) is 6.79. The van der Waals surface area contributed by atoms with Gasteiger partial charge >= 0.3 is 0 Å². The number of benzene rings is 1. The van der Waals surface area contributed by atoms with E-state index < -0.39 is 5.60 Å². The van der Waals surface area contributed by atoms with Gasteiger partial charge in [0, 0.05) is 48.9 Å². The lowest BCUT2D eigenvalue weighted by atomic mass is 9.63. The Morgan fingerprint density at radius 2 is 1.86 bits per heavy atom. The molecular weight excluding hydrogens is 352 g/mol. The maximum Gasteiger partial charge on any atom is 0.223 e. The fraction of sp³-hybridized carbons (Fsp3) is 0.409.